The summed E-state index contributed by atoms with van der Waals surface area (Å²) >= 11 is 0. The van der Waals surface area contributed by atoms with Crippen LogP contribution < -0.4 is 4.74 Å². The zero-order chi connectivity index (χ0) is 25.6. The highest BCUT2D eigenvalue weighted by Crippen LogP contribution is 2.33. The van der Waals surface area contributed by atoms with Gasteiger partial charge in [0.25, 0.3) is 0 Å². The van der Waals surface area contributed by atoms with Gasteiger partial charge in [-0.15, -0.1) is 0 Å². The van der Waals surface area contributed by atoms with Gasteiger partial charge in [-0.25, -0.2) is 0 Å². The molecular weight excluding hydrogens is 464 g/mol. The quantitative estimate of drug-likeness (QED) is 0.194. The summed E-state index contributed by atoms with van der Waals surface area (Å²) in [5, 5.41) is 3.95. The average Bonchev–Trinajstić information content (AvgIpc) is 3.40. The molecule has 3 nitrogen and oxygen atoms in total. The normalized spacial score (nSPS) is 14.8. The Hall–Kier alpha value is -3.56. The predicted octanol–water partition coefficient (Wildman–Crippen LogP) is 8.49. The highest BCUT2D eigenvalue weighted by molar-refractivity contribution is 5.85. The number of rotatable bonds is 10. The van der Waals surface area contributed by atoms with Crippen LogP contribution >= 0.6 is 0 Å². The van der Waals surface area contributed by atoms with E-state index in [1.807, 2.05) is 0 Å². The first kappa shape index (κ1) is 24.8. The molecule has 0 spiro atoms. The predicted molar refractivity (Wildman–Crippen MR) is 159 cm³/mol. The van der Waals surface area contributed by atoms with E-state index in [2.05, 4.69) is 107 Å². The molecule has 1 saturated heterocycles. The maximum Gasteiger partial charge on any atom is 0.119 e. The second-order valence-electron chi connectivity index (χ2n) is 10.8. The van der Waals surface area contributed by atoms with Crippen LogP contribution in [0.2, 0.25) is 0 Å². The lowest BCUT2D eigenvalue weighted by Crippen LogP contribution is -2.32. The van der Waals surface area contributed by atoms with E-state index < -0.39 is 0 Å². The molecule has 1 N–H and O–H groups in total. The molecule has 0 aliphatic carbocycles. The molecule has 38 heavy (non-hydrogen) atoms. The van der Waals surface area contributed by atoms with E-state index in [-0.39, 0.29) is 0 Å². The van der Waals surface area contributed by atoms with E-state index in [1.54, 1.807) is 0 Å². The van der Waals surface area contributed by atoms with Crippen LogP contribution in [0.3, 0.4) is 0 Å². The highest BCUT2D eigenvalue weighted by atomic mass is 16.5. The van der Waals surface area contributed by atoms with Gasteiger partial charge in [-0.3, -0.25) is 4.90 Å². The molecule has 1 fully saturated rings. The van der Waals surface area contributed by atoms with Gasteiger partial charge >= 0.3 is 0 Å². The Morgan fingerprint density at radius 1 is 0.737 bits per heavy atom. The minimum absolute atomic E-state index is 0.654. The Bertz CT molecular complexity index is 1460. The lowest BCUT2D eigenvalue weighted by Gasteiger charge is -2.32. The third kappa shape index (κ3) is 5.95. The molecule has 3 heteroatoms. The average molecular weight is 503 g/mol. The standard InChI is InChI=1S/C35H38N2O/c1-3-9-27(10-4-1)11-5-2-8-22-38-32-17-16-30-23-28(14-15-31(30)24-32)26-37-20-18-29(19-21-37)34-25-36-35-13-7-6-12-33(34)35/h1,3-4,6-7,9-10,12-17,23-25,29,36H,2,5,8,11,18-22,26H2. The Morgan fingerprint density at radius 2 is 1.53 bits per heavy atom. The maximum absolute atomic E-state index is 6.08. The number of nitrogens with one attached hydrogen (secondary N) is 1. The van der Waals surface area contributed by atoms with Crippen LogP contribution in [0.25, 0.3) is 21.7 Å². The molecule has 194 valence electrons. The summed E-state index contributed by atoms with van der Waals surface area (Å²) in [6.45, 7) is 4.12. The molecule has 0 amide bonds. The van der Waals surface area contributed by atoms with Gasteiger partial charge in [-0.05, 0) is 109 Å². The van der Waals surface area contributed by atoms with E-state index in [9.17, 15) is 0 Å². The van der Waals surface area contributed by atoms with Crippen LogP contribution in [0.1, 0.15) is 54.7 Å². The molecule has 0 atom stereocenters. The van der Waals surface area contributed by atoms with Crippen LogP contribution in [-0.2, 0) is 13.0 Å². The van der Waals surface area contributed by atoms with Gasteiger partial charge in [0.15, 0.2) is 0 Å². The smallest absolute Gasteiger partial charge is 0.119 e. The zero-order valence-corrected chi connectivity index (χ0v) is 22.2. The topological polar surface area (TPSA) is 28.3 Å². The number of aromatic nitrogens is 1. The fourth-order valence-corrected chi connectivity index (χ4v) is 6.00. The van der Waals surface area contributed by atoms with Crippen LogP contribution in [0, 0.1) is 0 Å². The van der Waals surface area contributed by atoms with Crippen LogP contribution in [0.15, 0.2) is 97.2 Å². The van der Waals surface area contributed by atoms with Gasteiger partial charge in [0.05, 0.1) is 6.61 Å². The number of unbranched alkanes of at least 4 members (excludes halogenated alkanes) is 2. The van der Waals surface area contributed by atoms with E-state index in [0.29, 0.717) is 5.92 Å². The Balaban J connectivity index is 0.970. The van der Waals surface area contributed by atoms with Crippen molar-refractivity contribution in [2.24, 2.45) is 0 Å². The SMILES string of the molecule is c1ccc(CCCCCOc2ccc3cc(CN4CCC(c5c[nH]c6ccccc56)CC4)ccc3c2)cc1. The number of ether oxygens (including phenoxy) is 1. The summed E-state index contributed by atoms with van der Waals surface area (Å²) in [6, 6.07) is 32.9. The van der Waals surface area contributed by atoms with E-state index in [1.165, 1.54) is 64.0 Å². The van der Waals surface area contributed by atoms with Crippen molar-refractivity contribution in [1.29, 1.82) is 0 Å². The summed E-state index contributed by atoms with van der Waals surface area (Å²) < 4.78 is 6.08. The third-order valence-corrected chi connectivity index (χ3v) is 8.15. The fraction of sp³-hybridized carbons (Fsp3) is 0.314. The van der Waals surface area contributed by atoms with E-state index in [0.717, 1.165) is 44.8 Å². The molecule has 2 heterocycles. The largest absolute Gasteiger partial charge is 0.494 e. The summed E-state index contributed by atoms with van der Waals surface area (Å²) in [5.74, 6) is 1.63. The molecule has 6 rings (SSSR count). The number of fused-ring (bicyclic) bond motifs is 2. The number of para-hydroxylation sites is 1. The number of piperidine rings is 1. The summed E-state index contributed by atoms with van der Waals surface area (Å²) in [5.41, 5.74) is 5.58. The van der Waals surface area contributed by atoms with E-state index in [4.69, 9.17) is 4.74 Å². The maximum atomic E-state index is 6.08. The van der Waals surface area contributed by atoms with Crippen molar-refractivity contribution >= 4 is 21.7 Å². The van der Waals surface area contributed by atoms with Gasteiger partial charge in [-0.1, -0.05) is 66.7 Å². The molecule has 1 aromatic heterocycles. The molecule has 0 unspecified atom stereocenters. The van der Waals surface area contributed by atoms with E-state index >= 15 is 0 Å². The number of hydrogen-bond donors (Lipinski definition) is 1. The van der Waals surface area contributed by atoms with Crippen molar-refractivity contribution in [3.8, 4) is 5.75 Å². The van der Waals surface area contributed by atoms with Gasteiger partial charge in [0.2, 0.25) is 0 Å². The molecule has 0 saturated carbocycles. The number of likely N-dealkylation sites (tertiary alicyclic amines) is 1. The molecule has 1 aliphatic heterocycles. The molecule has 0 radical (unpaired) electrons. The van der Waals surface area contributed by atoms with Crippen molar-refractivity contribution in [2.45, 2.75) is 51.0 Å². The molecule has 4 aromatic carbocycles. The molecule has 1 aliphatic rings. The lowest BCUT2D eigenvalue weighted by atomic mass is 9.89. The van der Waals surface area contributed by atoms with Crippen molar-refractivity contribution in [1.82, 2.24) is 9.88 Å². The lowest BCUT2D eigenvalue weighted by molar-refractivity contribution is 0.205. The summed E-state index contributed by atoms with van der Waals surface area (Å²) in [7, 11) is 0. The fourth-order valence-electron chi connectivity index (χ4n) is 6.00. The van der Waals surface area contributed by atoms with Crippen LogP contribution in [0.4, 0.5) is 0 Å². The number of H-pyrrole nitrogens is 1. The zero-order valence-electron chi connectivity index (χ0n) is 22.2. The minimum atomic E-state index is 0.654. The number of hydrogen-bond acceptors (Lipinski definition) is 2. The first-order valence-corrected chi connectivity index (χ1v) is 14.3. The first-order valence-electron chi connectivity index (χ1n) is 14.3. The molecule has 5 aromatic rings. The van der Waals surface area contributed by atoms with Crippen molar-refractivity contribution in [2.75, 3.05) is 19.7 Å². The van der Waals surface area contributed by atoms with Gasteiger partial charge in [0, 0.05) is 23.6 Å². The third-order valence-electron chi connectivity index (χ3n) is 8.15. The summed E-state index contributed by atoms with van der Waals surface area (Å²) in [4.78, 5) is 6.07. The van der Waals surface area contributed by atoms with Crippen molar-refractivity contribution in [3.05, 3.63) is 114 Å². The van der Waals surface area contributed by atoms with Crippen LogP contribution in [0.5, 0.6) is 5.75 Å². The molecular formula is C35H38N2O. The van der Waals surface area contributed by atoms with Gasteiger partial charge < -0.3 is 9.72 Å². The Labute approximate surface area is 226 Å². The van der Waals surface area contributed by atoms with Crippen LogP contribution in [-0.4, -0.2) is 29.6 Å². The monoisotopic (exact) mass is 502 g/mol. The minimum Gasteiger partial charge on any atom is -0.494 e. The Morgan fingerprint density at radius 3 is 2.42 bits per heavy atom. The molecule has 0 bridgehead atoms. The van der Waals surface area contributed by atoms with Gasteiger partial charge in [0.1, 0.15) is 5.75 Å². The van der Waals surface area contributed by atoms with Crippen molar-refractivity contribution in [3.63, 3.8) is 0 Å². The number of benzene rings is 4. The number of nitrogens with zero attached hydrogens (tertiary/aromatic N) is 1. The van der Waals surface area contributed by atoms with Gasteiger partial charge in [-0.2, -0.15) is 0 Å². The number of aromatic amines is 1. The highest BCUT2D eigenvalue weighted by Gasteiger charge is 2.22. The second kappa shape index (κ2) is 11.9. The summed E-state index contributed by atoms with van der Waals surface area (Å²) in [6.07, 6.45) is 9.35. The second-order valence-corrected chi connectivity index (χ2v) is 10.8. The van der Waals surface area contributed by atoms with Crippen molar-refractivity contribution < 1.29 is 4.74 Å². The number of aryl methyl sites for hydroxylation is 1. The first-order chi connectivity index (χ1) is 18.8. The Kier molecular flexibility index (Phi) is 7.74.